The number of aryl methyl sites for hydroxylation is 1. The highest BCUT2D eigenvalue weighted by Gasteiger charge is 2.09. The molecule has 0 saturated heterocycles. The zero-order valence-electron chi connectivity index (χ0n) is 10.8. The largest absolute Gasteiger partial charge is 0.336 e. The van der Waals surface area contributed by atoms with Crippen molar-refractivity contribution in [3.8, 4) is 0 Å². The molecule has 0 amide bonds. The van der Waals surface area contributed by atoms with Gasteiger partial charge in [-0.1, -0.05) is 17.7 Å². The molecule has 4 N–H and O–H groups in total. The monoisotopic (exact) mass is 288 g/mol. The smallest absolute Gasteiger partial charge is 0.180 e. The Kier molecular flexibility index (Phi) is 3.17. The Hall–Kier alpha value is -2.31. The fraction of sp³-hybridized carbons (Fsp3) is 0.0769. The van der Waals surface area contributed by atoms with Crippen LogP contribution in [0.1, 0.15) is 5.56 Å². The minimum absolute atomic E-state index is 0.529. The van der Waals surface area contributed by atoms with Crippen molar-refractivity contribution in [1.82, 2.24) is 14.4 Å². The molecule has 2 heterocycles. The second-order valence-corrected chi connectivity index (χ2v) is 4.79. The van der Waals surface area contributed by atoms with E-state index in [-0.39, 0.29) is 0 Å². The van der Waals surface area contributed by atoms with E-state index in [1.54, 1.807) is 12.4 Å². The van der Waals surface area contributed by atoms with Gasteiger partial charge in [-0.25, -0.2) is 15.8 Å². The molecule has 20 heavy (non-hydrogen) atoms. The van der Waals surface area contributed by atoms with Gasteiger partial charge in [-0.3, -0.25) is 0 Å². The van der Waals surface area contributed by atoms with Crippen LogP contribution in [0.25, 0.3) is 5.65 Å². The molecule has 0 aliphatic rings. The van der Waals surface area contributed by atoms with E-state index in [4.69, 9.17) is 17.4 Å². The van der Waals surface area contributed by atoms with E-state index in [1.807, 2.05) is 35.7 Å². The first-order chi connectivity index (χ1) is 9.67. The summed E-state index contributed by atoms with van der Waals surface area (Å²) in [5.41, 5.74) is 5.08. The molecule has 0 aliphatic heterocycles. The molecule has 102 valence electrons. The lowest BCUT2D eigenvalue weighted by atomic mass is 10.2. The maximum Gasteiger partial charge on any atom is 0.180 e. The summed E-state index contributed by atoms with van der Waals surface area (Å²) in [4.78, 5) is 8.62. The van der Waals surface area contributed by atoms with Crippen molar-refractivity contribution in [2.75, 3.05) is 10.7 Å². The Balaban J connectivity index is 2.07. The van der Waals surface area contributed by atoms with E-state index in [0.29, 0.717) is 22.3 Å². The molecule has 3 aromatic rings. The van der Waals surface area contributed by atoms with Crippen molar-refractivity contribution in [2.45, 2.75) is 6.92 Å². The van der Waals surface area contributed by atoms with Gasteiger partial charge in [-0.05, 0) is 24.6 Å². The zero-order chi connectivity index (χ0) is 14.1. The maximum atomic E-state index is 6.22. The van der Waals surface area contributed by atoms with Gasteiger partial charge < -0.3 is 15.1 Å². The topological polar surface area (TPSA) is 80.3 Å². The minimum Gasteiger partial charge on any atom is -0.336 e. The fourth-order valence-electron chi connectivity index (χ4n) is 1.93. The van der Waals surface area contributed by atoms with Crippen LogP contribution in [-0.2, 0) is 0 Å². The number of halogens is 1. The van der Waals surface area contributed by atoms with Crippen LogP contribution in [0, 0.1) is 6.92 Å². The molecule has 7 heteroatoms. The number of hydrogen-bond donors (Lipinski definition) is 3. The van der Waals surface area contributed by atoms with Gasteiger partial charge in [0.2, 0.25) is 0 Å². The van der Waals surface area contributed by atoms with E-state index in [1.165, 1.54) is 0 Å². The quantitative estimate of drug-likeness (QED) is 0.510. The van der Waals surface area contributed by atoms with Gasteiger partial charge in [0.15, 0.2) is 17.3 Å². The van der Waals surface area contributed by atoms with Crippen LogP contribution in [-0.4, -0.2) is 14.4 Å². The summed E-state index contributed by atoms with van der Waals surface area (Å²) in [6, 6.07) is 5.76. The first-order valence-electron chi connectivity index (χ1n) is 6.01. The van der Waals surface area contributed by atoms with Gasteiger partial charge in [0, 0.05) is 12.4 Å². The second kappa shape index (κ2) is 4.99. The maximum absolute atomic E-state index is 6.22. The van der Waals surface area contributed by atoms with E-state index >= 15 is 0 Å². The molecule has 0 unspecified atom stereocenters. The highest BCUT2D eigenvalue weighted by atomic mass is 35.5. The van der Waals surface area contributed by atoms with Crippen LogP contribution >= 0.6 is 11.6 Å². The zero-order valence-corrected chi connectivity index (χ0v) is 11.5. The molecule has 0 spiro atoms. The van der Waals surface area contributed by atoms with Crippen molar-refractivity contribution >= 4 is 34.6 Å². The fourth-order valence-corrected chi connectivity index (χ4v) is 2.22. The van der Waals surface area contributed by atoms with Crippen LogP contribution in [0.3, 0.4) is 0 Å². The second-order valence-electron chi connectivity index (χ2n) is 4.39. The summed E-state index contributed by atoms with van der Waals surface area (Å²) in [6.45, 7) is 1.99. The third kappa shape index (κ3) is 2.26. The Bertz CT molecular complexity index is 767. The van der Waals surface area contributed by atoms with Gasteiger partial charge >= 0.3 is 0 Å². The number of imidazole rings is 1. The van der Waals surface area contributed by atoms with Gasteiger partial charge in [0.05, 0.1) is 16.9 Å². The lowest BCUT2D eigenvalue weighted by molar-refractivity contribution is 1.11. The molecule has 0 saturated carbocycles. The number of fused-ring (bicyclic) bond motifs is 1. The Morgan fingerprint density at radius 3 is 2.95 bits per heavy atom. The summed E-state index contributed by atoms with van der Waals surface area (Å²) in [7, 11) is 0. The highest BCUT2D eigenvalue weighted by molar-refractivity contribution is 6.33. The minimum atomic E-state index is 0.529. The van der Waals surface area contributed by atoms with Crippen LogP contribution in [0.2, 0.25) is 5.02 Å². The normalized spacial score (nSPS) is 10.8. The average molecular weight is 289 g/mol. The third-order valence-electron chi connectivity index (χ3n) is 2.90. The number of nitrogens with zero attached hydrogens (tertiary/aromatic N) is 3. The van der Waals surface area contributed by atoms with Crippen molar-refractivity contribution < 1.29 is 0 Å². The average Bonchev–Trinajstić information content (AvgIpc) is 2.90. The Morgan fingerprint density at radius 2 is 2.20 bits per heavy atom. The number of rotatable bonds is 3. The molecule has 3 rings (SSSR count). The van der Waals surface area contributed by atoms with Gasteiger partial charge in [0.25, 0.3) is 0 Å². The number of aromatic nitrogens is 3. The summed E-state index contributed by atoms with van der Waals surface area (Å²) in [5.74, 6) is 6.53. The van der Waals surface area contributed by atoms with Crippen LogP contribution in [0.5, 0.6) is 0 Å². The van der Waals surface area contributed by atoms with Crippen molar-refractivity contribution in [2.24, 2.45) is 5.84 Å². The lowest BCUT2D eigenvalue weighted by Crippen LogP contribution is -2.11. The number of anilines is 3. The first-order valence-corrected chi connectivity index (χ1v) is 6.38. The molecule has 0 bridgehead atoms. The molecule has 2 aromatic heterocycles. The third-order valence-corrected chi connectivity index (χ3v) is 3.21. The number of hydrazine groups is 1. The van der Waals surface area contributed by atoms with Gasteiger partial charge in [-0.15, -0.1) is 0 Å². The van der Waals surface area contributed by atoms with E-state index in [2.05, 4.69) is 20.7 Å². The first kappa shape index (κ1) is 12.7. The standard InChI is InChI=1S/C13H13ClN6/c1-8-2-3-10(9(14)6-8)17-12-13-16-4-5-20(13)7-11(18-12)19-15/h2-7,19H,15H2,1H3,(H,17,18). The molecular weight excluding hydrogens is 276 g/mol. The summed E-state index contributed by atoms with van der Waals surface area (Å²) in [5, 5.41) is 3.81. The molecule has 1 aromatic carbocycles. The van der Waals surface area contributed by atoms with Crippen LogP contribution in [0.15, 0.2) is 36.8 Å². The number of hydrogen-bond acceptors (Lipinski definition) is 5. The van der Waals surface area contributed by atoms with E-state index in [0.717, 1.165) is 11.3 Å². The molecule has 0 aliphatic carbocycles. The number of nitrogens with one attached hydrogen (secondary N) is 2. The number of nitrogens with two attached hydrogens (primary N) is 1. The SMILES string of the molecule is Cc1ccc(Nc2nc(NN)cn3ccnc23)c(Cl)c1. The molecule has 0 atom stereocenters. The summed E-state index contributed by atoms with van der Waals surface area (Å²) in [6.07, 6.45) is 5.27. The number of nitrogen functional groups attached to an aromatic ring is 1. The molecule has 0 fully saturated rings. The Morgan fingerprint density at radius 1 is 1.35 bits per heavy atom. The van der Waals surface area contributed by atoms with Crippen LogP contribution in [0.4, 0.5) is 17.3 Å². The van der Waals surface area contributed by atoms with Crippen molar-refractivity contribution in [3.63, 3.8) is 0 Å². The Labute approximate surface area is 120 Å². The molecular formula is C13H13ClN6. The lowest BCUT2D eigenvalue weighted by Gasteiger charge is -2.11. The summed E-state index contributed by atoms with van der Waals surface area (Å²) >= 11 is 6.22. The van der Waals surface area contributed by atoms with Crippen LogP contribution < -0.4 is 16.6 Å². The summed E-state index contributed by atoms with van der Waals surface area (Å²) < 4.78 is 1.83. The van der Waals surface area contributed by atoms with Crippen molar-refractivity contribution in [3.05, 3.63) is 47.4 Å². The van der Waals surface area contributed by atoms with E-state index < -0.39 is 0 Å². The predicted octanol–water partition coefficient (Wildman–Crippen LogP) is 2.72. The molecule has 6 nitrogen and oxygen atoms in total. The highest BCUT2D eigenvalue weighted by Crippen LogP contribution is 2.27. The van der Waals surface area contributed by atoms with E-state index in [9.17, 15) is 0 Å². The predicted molar refractivity (Wildman–Crippen MR) is 80.3 cm³/mol. The molecule has 0 radical (unpaired) electrons. The number of benzene rings is 1. The van der Waals surface area contributed by atoms with Gasteiger partial charge in [-0.2, -0.15) is 0 Å². The van der Waals surface area contributed by atoms with Crippen molar-refractivity contribution in [1.29, 1.82) is 0 Å². The van der Waals surface area contributed by atoms with Gasteiger partial charge in [0.1, 0.15) is 0 Å².